The molecule has 0 saturated carbocycles. The fourth-order valence-electron chi connectivity index (χ4n) is 3.82. The second kappa shape index (κ2) is 9.12. The van der Waals surface area contributed by atoms with Gasteiger partial charge >= 0.3 is 11.8 Å². The fourth-order valence-corrected chi connectivity index (χ4v) is 5.19. The standard InChI is InChI=1S/C23H26N4O4S/c1-3-17-9-5-6-10-19(17)26-32(29,30)20-15-18(12-11-16(20)2)21-24-22(31-25-21)23(28)27-13-7-4-8-14-27/h5-6,9-12,15,26H,3-4,7-8,13-14H2,1-2H3. The Labute approximate surface area is 187 Å². The third kappa shape index (κ3) is 4.52. The van der Waals surface area contributed by atoms with E-state index in [1.807, 2.05) is 19.1 Å². The average molecular weight is 455 g/mol. The normalized spacial score (nSPS) is 14.4. The number of likely N-dealkylation sites (tertiary alicyclic amines) is 1. The molecule has 8 nitrogen and oxygen atoms in total. The van der Waals surface area contributed by atoms with Crippen LogP contribution in [0.5, 0.6) is 0 Å². The molecule has 1 aromatic heterocycles. The molecule has 0 unspecified atom stereocenters. The molecule has 32 heavy (non-hydrogen) atoms. The molecule has 3 aromatic rings. The number of piperidine rings is 1. The van der Waals surface area contributed by atoms with Gasteiger partial charge in [0.05, 0.1) is 10.6 Å². The molecule has 0 aliphatic carbocycles. The lowest BCUT2D eigenvalue weighted by molar-refractivity contribution is 0.0674. The van der Waals surface area contributed by atoms with Crippen molar-refractivity contribution in [3.63, 3.8) is 0 Å². The summed E-state index contributed by atoms with van der Waals surface area (Å²) in [5, 5.41) is 3.92. The third-order valence-electron chi connectivity index (χ3n) is 5.63. The zero-order valence-electron chi connectivity index (χ0n) is 18.2. The molecule has 1 aliphatic heterocycles. The maximum atomic E-state index is 13.2. The molecule has 0 bridgehead atoms. The number of benzene rings is 2. The zero-order chi connectivity index (χ0) is 22.7. The number of nitrogens with one attached hydrogen (secondary N) is 1. The minimum absolute atomic E-state index is 0.0816. The summed E-state index contributed by atoms with van der Waals surface area (Å²) in [6, 6.07) is 12.2. The van der Waals surface area contributed by atoms with Crippen molar-refractivity contribution in [2.75, 3.05) is 17.8 Å². The lowest BCUT2D eigenvalue weighted by atomic mass is 10.1. The Balaban J connectivity index is 1.62. The molecular weight excluding hydrogens is 428 g/mol. The summed E-state index contributed by atoms with van der Waals surface area (Å²) in [5.41, 5.74) is 2.50. The second-order valence-electron chi connectivity index (χ2n) is 7.87. The maximum Gasteiger partial charge on any atom is 0.316 e. The first-order chi connectivity index (χ1) is 15.4. The van der Waals surface area contributed by atoms with Crippen LogP contribution in [-0.4, -0.2) is 42.5 Å². The lowest BCUT2D eigenvalue weighted by Gasteiger charge is -2.24. The van der Waals surface area contributed by atoms with Crippen molar-refractivity contribution in [3.8, 4) is 11.4 Å². The molecule has 2 aromatic carbocycles. The number of anilines is 1. The molecule has 2 heterocycles. The summed E-state index contributed by atoms with van der Waals surface area (Å²) in [6.07, 6.45) is 3.73. The molecular formula is C23H26N4O4S. The molecule has 1 fully saturated rings. The van der Waals surface area contributed by atoms with Crippen LogP contribution < -0.4 is 4.72 Å². The fraction of sp³-hybridized carbons (Fsp3) is 0.348. The quantitative estimate of drug-likeness (QED) is 0.603. The first-order valence-electron chi connectivity index (χ1n) is 10.7. The molecule has 0 radical (unpaired) electrons. The van der Waals surface area contributed by atoms with Crippen LogP contribution in [0.25, 0.3) is 11.4 Å². The first-order valence-corrected chi connectivity index (χ1v) is 12.2. The Kier molecular flexibility index (Phi) is 6.27. The smallest absolute Gasteiger partial charge is 0.316 e. The maximum absolute atomic E-state index is 13.2. The number of rotatable bonds is 6. The van der Waals surface area contributed by atoms with Gasteiger partial charge in [0.25, 0.3) is 10.0 Å². The largest absolute Gasteiger partial charge is 0.334 e. The Morgan fingerprint density at radius 2 is 1.88 bits per heavy atom. The number of hydrogen-bond acceptors (Lipinski definition) is 6. The van der Waals surface area contributed by atoms with Crippen molar-refractivity contribution in [1.29, 1.82) is 0 Å². The number of para-hydroxylation sites is 1. The number of carbonyl (C=O) groups excluding carboxylic acids is 1. The van der Waals surface area contributed by atoms with E-state index in [1.54, 1.807) is 36.1 Å². The van der Waals surface area contributed by atoms with E-state index in [1.165, 1.54) is 6.07 Å². The van der Waals surface area contributed by atoms with Crippen LogP contribution in [0, 0.1) is 6.92 Å². The van der Waals surface area contributed by atoms with E-state index in [4.69, 9.17) is 4.52 Å². The number of aryl methyl sites for hydroxylation is 2. The topological polar surface area (TPSA) is 105 Å². The highest BCUT2D eigenvalue weighted by Gasteiger charge is 2.25. The van der Waals surface area contributed by atoms with E-state index in [0.29, 0.717) is 36.3 Å². The summed E-state index contributed by atoms with van der Waals surface area (Å²) in [4.78, 5) is 18.7. The SMILES string of the molecule is CCc1ccccc1NS(=O)(=O)c1cc(-c2noc(C(=O)N3CCCCC3)n2)ccc1C. The number of hydrogen-bond donors (Lipinski definition) is 1. The zero-order valence-corrected chi connectivity index (χ0v) is 19.0. The van der Waals surface area contributed by atoms with Crippen LogP contribution in [0.1, 0.15) is 48.0 Å². The highest BCUT2D eigenvalue weighted by atomic mass is 32.2. The number of nitrogens with zero attached hydrogens (tertiary/aromatic N) is 3. The molecule has 1 amide bonds. The van der Waals surface area contributed by atoms with E-state index in [2.05, 4.69) is 14.9 Å². The highest BCUT2D eigenvalue weighted by Crippen LogP contribution is 2.27. The number of sulfonamides is 1. The second-order valence-corrected chi connectivity index (χ2v) is 9.52. The van der Waals surface area contributed by atoms with E-state index < -0.39 is 10.0 Å². The van der Waals surface area contributed by atoms with Gasteiger partial charge in [-0.25, -0.2) is 8.42 Å². The number of aromatic nitrogens is 2. The molecule has 168 valence electrons. The van der Waals surface area contributed by atoms with Crippen molar-refractivity contribution in [2.45, 2.75) is 44.4 Å². The van der Waals surface area contributed by atoms with E-state index in [9.17, 15) is 13.2 Å². The van der Waals surface area contributed by atoms with Crippen molar-refractivity contribution < 1.29 is 17.7 Å². The molecule has 1 N–H and O–H groups in total. The van der Waals surface area contributed by atoms with Gasteiger partial charge in [-0.05, 0) is 55.9 Å². The Hall–Kier alpha value is -3.20. The highest BCUT2D eigenvalue weighted by molar-refractivity contribution is 7.92. The summed E-state index contributed by atoms with van der Waals surface area (Å²) >= 11 is 0. The van der Waals surface area contributed by atoms with Crippen LogP contribution in [0.3, 0.4) is 0 Å². The molecule has 9 heteroatoms. The summed E-state index contributed by atoms with van der Waals surface area (Å²) in [6.45, 7) is 5.05. The Bertz CT molecular complexity index is 1230. The third-order valence-corrected chi connectivity index (χ3v) is 7.14. The predicted molar refractivity (Wildman–Crippen MR) is 121 cm³/mol. The van der Waals surface area contributed by atoms with Gasteiger partial charge in [0.2, 0.25) is 5.82 Å². The van der Waals surface area contributed by atoms with Gasteiger partial charge < -0.3 is 9.42 Å². The van der Waals surface area contributed by atoms with Gasteiger partial charge in [-0.2, -0.15) is 4.98 Å². The van der Waals surface area contributed by atoms with Crippen molar-refractivity contribution in [2.24, 2.45) is 0 Å². The van der Waals surface area contributed by atoms with Gasteiger partial charge in [0.1, 0.15) is 0 Å². The Morgan fingerprint density at radius 1 is 1.12 bits per heavy atom. The predicted octanol–water partition coefficient (Wildman–Crippen LogP) is 4.03. The van der Waals surface area contributed by atoms with Crippen LogP contribution in [0.15, 0.2) is 51.9 Å². The molecule has 0 spiro atoms. The van der Waals surface area contributed by atoms with Crippen molar-refractivity contribution >= 4 is 21.6 Å². The molecule has 1 aliphatic rings. The number of carbonyl (C=O) groups is 1. The Morgan fingerprint density at radius 3 is 2.62 bits per heavy atom. The number of amides is 1. The van der Waals surface area contributed by atoms with Crippen LogP contribution in [0.2, 0.25) is 0 Å². The van der Waals surface area contributed by atoms with Crippen LogP contribution in [0.4, 0.5) is 5.69 Å². The molecule has 4 rings (SSSR count). The minimum atomic E-state index is -3.85. The molecule has 1 saturated heterocycles. The van der Waals surface area contributed by atoms with Crippen LogP contribution >= 0.6 is 0 Å². The van der Waals surface area contributed by atoms with Gasteiger partial charge in [-0.15, -0.1) is 0 Å². The first kappa shape index (κ1) is 22.0. The lowest BCUT2D eigenvalue weighted by Crippen LogP contribution is -2.35. The van der Waals surface area contributed by atoms with Crippen molar-refractivity contribution in [1.82, 2.24) is 15.0 Å². The van der Waals surface area contributed by atoms with E-state index in [-0.39, 0.29) is 22.5 Å². The van der Waals surface area contributed by atoms with Crippen molar-refractivity contribution in [3.05, 3.63) is 59.5 Å². The van der Waals surface area contributed by atoms with E-state index >= 15 is 0 Å². The summed E-state index contributed by atoms with van der Waals surface area (Å²) < 4.78 is 34.2. The van der Waals surface area contributed by atoms with Gasteiger partial charge in [0.15, 0.2) is 0 Å². The van der Waals surface area contributed by atoms with Gasteiger partial charge in [-0.3, -0.25) is 9.52 Å². The minimum Gasteiger partial charge on any atom is -0.334 e. The van der Waals surface area contributed by atoms with Gasteiger partial charge in [0, 0.05) is 18.7 Å². The molecule has 0 atom stereocenters. The van der Waals surface area contributed by atoms with Crippen LogP contribution in [-0.2, 0) is 16.4 Å². The average Bonchev–Trinajstić information content (AvgIpc) is 3.30. The summed E-state index contributed by atoms with van der Waals surface area (Å²) in [7, 11) is -3.85. The van der Waals surface area contributed by atoms with Gasteiger partial charge in [-0.1, -0.05) is 42.4 Å². The van der Waals surface area contributed by atoms with E-state index in [0.717, 1.165) is 24.8 Å². The summed E-state index contributed by atoms with van der Waals surface area (Å²) in [5.74, 6) is -0.195. The monoisotopic (exact) mass is 454 g/mol.